The summed E-state index contributed by atoms with van der Waals surface area (Å²) in [5.74, 6) is 0.619. The average Bonchev–Trinajstić information content (AvgIpc) is 2.84. The van der Waals surface area contributed by atoms with Crippen molar-refractivity contribution in [3.8, 4) is 0 Å². The minimum atomic E-state index is -0.449. The molecule has 106 valence electrons. The van der Waals surface area contributed by atoms with Crippen molar-refractivity contribution in [2.45, 2.75) is 25.4 Å². The Bertz CT molecular complexity index is 399. The van der Waals surface area contributed by atoms with Gasteiger partial charge in [-0.25, -0.2) is 0 Å². The lowest BCUT2D eigenvalue weighted by atomic mass is 10.1. The first-order valence-electron chi connectivity index (χ1n) is 6.96. The van der Waals surface area contributed by atoms with Gasteiger partial charge in [0.05, 0.1) is 6.10 Å². The fourth-order valence-corrected chi connectivity index (χ4v) is 2.92. The monoisotopic (exact) mass is 283 g/mol. The Hall–Kier alpha value is -0.610. The van der Waals surface area contributed by atoms with Crippen LogP contribution < -0.4 is 0 Å². The molecule has 1 aromatic rings. The maximum absolute atomic E-state index is 10.1. The molecule has 2 unspecified atom stereocenters. The van der Waals surface area contributed by atoms with Crippen LogP contribution in [0.2, 0.25) is 5.02 Å². The summed E-state index contributed by atoms with van der Waals surface area (Å²) in [6.45, 7) is 3.30. The van der Waals surface area contributed by atoms with Crippen molar-refractivity contribution in [1.29, 1.82) is 0 Å². The van der Waals surface area contributed by atoms with Crippen molar-refractivity contribution in [3.05, 3.63) is 34.9 Å². The summed E-state index contributed by atoms with van der Waals surface area (Å²) in [6, 6.07) is 7.42. The molecule has 19 heavy (non-hydrogen) atoms. The summed E-state index contributed by atoms with van der Waals surface area (Å²) >= 11 is 5.92. The zero-order valence-corrected chi connectivity index (χ0v) is 11.9. The first-order valence-corrected chi connectivity index (χ1v) is 7.33. The number of rotatable bonds is 6. The van der Waals surface area contributed by atoms with E-state index in [1.54, 1.807) is 0 Å². The summed E-state index contributed by atoms with van der Waals surface area (Å²) in [5.41, 5.74) is 0.888. The Morgan fingerprint density at radius 3 is 3.00 bits per heavy atom. The van der Waals surface area contributed by atoms with Gasteiger partial charge in [0, 0.05) is 24.7 Å². The molecule has 1 heterocycles. The van der Waals surface area contributed by atoms with E-state index < -0.39 is 6.10 Å². The third kappa shape index (κ3) is 4.46. The van der Waals surface area contributed by atoms with Gasteiger partial charge in [-0.1, -0.05) is 23.7 Å². The first-order chi connectivity index (χ1) is 9.19. The highest BCUT2D eigenvalue weighted by molar-refractivity contribution is 6.30. The predicted molar refractivity (Wildman–Crippen MR) is 77.3 cm³/mol. The topological polar surface area (TPSA) is 43.7 Å². The van der Waals surface area contributed by atoms with Crippen molar-refractivity contribution in [3.63, 3.8) is 0 Å². The maximum atomic E-state index is 10.1. The van der Waals surface area contributed by atoms with Crippen molar-refractivity contribution in [1.82, 2.24) is 4.90 Å². The van der Waals surface area contributed by atoms with Gasteiger partial charge in [-0.3, -0.25) is 0 Å². The zero-order chi connectivity index (χ0) is 13.7. The van der Waals surface area contributed by atoms with Gasteiger partial charge in [-0.15, -0.1) is 0 Å². The number of aliphatic hydroxyl groups is 2. The van der Waals surface area contributed by atoms with E-state index in [1.807, 2.05) is 24.3 Å². The highest BCUT2D eigenvalue weighted by Gasteiger charge is 2.22. The summed E-state index contributed by atoms with van der Waals surface area (Å²) in [5, 5.41) is 19.8. The Morgan fingerprint density at radius 2 is 2.26 bits per heavy atom. The molecule has 3 nitrogen and oxygen atoms in total. The number of aliphatic hydroxyl groups excluding tert-OH is 2. The molecule has 0 radical (unpaired) electrons. The quantitative estimate of drug-likeness (QED) is 0.843. The second kappa shape index (κ2) is 7.25. The molecule has 1 aromatic carbocycles. The highest BCUT2D eigenvalue weighted by Crippen LogP contribution is 2.23. The first kappa shape index (κ1) is 14.8. The fraction of sp³-hybridized carbons (Fsp3) is 0.600. The van der Waals surface area contributed by atoms with Crippen LogP contribution in [0.25, 0.3) is 0 Å². The molecule has 0 saturated carbocycles. The molecule has 2 rings (SSSR count). The summed E-state index contributed by atoms with van der Waals surface area (Å²) in [4.78, 5) is 2.37. The van der Waals surface area contributed by atoms with Gasteiger partial charge in [-0.2, -0.15) is 0 Å². The SMILES string of the molecule is OCCC1CCN(CCC(O)c2cccc(Cl)c2)C1. The van der Waals surface area contributed by atoms with E-state index in [1.165, 1.54) is 0 Å². The molecule has 1 fully saturated rings. The second-order valence-corrected chi connectivity index (χ2v) is 5.76. The fourth-order valence-electron chi connectivity index (χ4n) is 2.72. The van der Waals surface area contributed by atoms with Crippen LogP contribution in [0.4, 0.5) is 0 Å². The highest BCUT2D eigenvalue weighted by atomic mass is 35.5. The third-order valence-corrected chi connectivity index (χ3v) is 4.09. The van der Waals surface area contributed by atoms with E-state index in [0.717, 1.165) is 44.5 Å². The van der Waals surface area contributed by atoms with Gasteiger partial charge in [0.1, 0.15) is 0 Å². The van der Waals surface area contributed by atoms with E-state index in [9.17, 15) is 5.11 Å². The Morgan fingerprint density at radius 1 is 1.42 bits per heavy atom. The lowest BCUT2D eigenvalue weighted by Crippen LogP contribution is -2.23. The molecule has 0 aromatic heterocycles. The summed E-state index contributed by atoms with van der Waals surface area (Å²) < 4.78 is 0. The molecule has 0 bridgehead atoms. The van der Waals surface area contributed by atoms with Gasteiger partial charge < -0.3 is 15.1 Å². The Balaban J connectivity index is 1.76. The summed E-state index contributed by atoms with van der Waals surface area (Å²) in [7, 11) is 0. The number of benzene rings is 1. The van der Waals surface area contributed by atoms with Crippen molar-refractivity contribution >= 4 is 11.6 Å². The van der Waals surface area contributed by atoms with E-state index in [2.05, 4.69) is 4.90 Å². The molecule has 0 amide bonds. The number of halogens is 1. The normalized spacial score (nSPS) is 21.7. The van der Waals surface area contributed by atoms with Gasteiger partial charge >= 0.3 is 0 Å². The Labute approximate surface area is 119 Å². The van der Waals surface area contributed by atoms with Crippen molar-refractivity contribution < 1.29 is 10.2 Å². The predicted octanol–water partition coefficient (Wildman–Crippen LogP) is 2.47. The van der Waals surface area contributed by atoms with E-state index in [0.29, 0.717) is 10.9 Å². The second-order valence-electron chi connectivity index (χ2n) is 5.33. The maximum Gasteiger partial charge on any atom is 0.0802 e. The van der Waals surface area contributed by atoms with Crippen LogP contribution in [0, 0.1) is 5.92 Å². The molecular weight excluding hydrogens is 262 g/mol. The largest absolute Gasteiger partial charge is 0.396 e. The zero-order valence-electron chi connectivity index (χ0n) is 11.1. The average molecular weight is 284 g/mol. The van der Waals surface area contributed by atoms with Gasteiger partial charge in [0.2, 0.25) is 0 Å². The standard InChI is InChI=1S/C15H22ClNO2/c16-14-3-1-2-13(10-14)15(19)5-8-17-7-4-12(11-17)6-9-18/h1-3,10,12,15,18-19H,4-9,11H2. The minimum Gasteiger partial charge on any atom is -0.396 e. The van der Waals surface area contributed by atoms with Crippen LogP contribution in [0.3, 0.4) is 0 Å². The summed E-state index contributed by atoms with van der Waals surface area (Å²) in [6.07, 6.45) is 2.34. The molecule has 2 atom stereocenters. The molecule has 4 heteroatoms. The molecular formula is C15H22ClNO2. The van der Waals surface area contributed by atoms with Gasteiger partial charge in [0.15, 0.2) is 0 Å². The molecule has 1 aliphatic heterocycles. The number of hydrogen-bond donors (Lipinski definition) is 2. The lowest BCUT2D eigenvalue weighted by Gasteiger charge is -2.18. The number of likely N-dealkylation sites (tertiary alicyclic amines) is 1. The number of nitrogens with zero attached hydrogens (tertiary/aromatic N) is 1. The van der Waals surface area contributed by atoms with Crippen LogP contribution >= 0.6 is 11.6 Å². The van der Waals surface area contributed by atoms with E-state index >= 15 is 0 Å². The molecule has 0 aliphatic carbocycles. The Kier molecular flexibility index (Phi) is 5.64. The van der Waals surface area contributed by atoms with Crippen molar-refractivity contribution in [2.24, 2.45) is 5.92 Å². The van der Waals surface area contributed by atoms with Crippen LogP contribution in [0.15, 0.2) is 24.3 Å². The van der Waals surface area contributed by atoms with Crippen LogP contribution in [0.1, 0.15) is 30.9 Å². The van der Waals surface area contributed by atoms with Crippen LogP contribution in [-0.4, -0.2) is 41.4 Å². The molecule has 0 spiro atoms. The van der Waals surface area contributed by atoms with Crippen LogP contribution in [-0.2, 0) is 0 Å². The lowest BCUT2D eigenvalue weighted by molar-refractivity contribution is 0.147. The van der Waals surface area contributed by atoms with Gasteiger partial charge in [-0.05, 0) is 49.4 Å². The van der Waals surface area contributed by atoms with Crippen molar-refractivity contribution in [2.75, 3.05) is 26.2 Å². The molecule has 1 saturated heterocycles. The van der Waals surface area contributed by atoms with E-state index in [-0.39, 0.29) is 6.61 Å². The number of hydrogen-bond acceptors (Lipinski definition) is 3. The van der Waals surface area contributed by atoms with Gasteiger partial charge in [0.25, 0.3) is 0 Å². The van der Waals surface area contributed by atoms with Crippen LogP contribution in [0.5, 0.6) is 0 Å². The third-order valence-electron chi connectivity index (χ3n) is 3.86. The smallest absolute Gasteiger partial charge is 0.0802 e. The molecule has 2 N–H and O–H groups in total. The van der Waals surface area contributed by atoms with E-state index in [4.69, 9.17) is 16.7 Å². The minimum absolute atomic E-state index is 0.281. The molecule has 1 aliphatic rings.